The van der Waals surface area contributed by atoms with Gasteiger partial charge in [0.1, 0.15) is 6.33 Å². The van der Waals surface area contributed by atoms with E-state index in [4.69, 9.17) is 0 Å². The number of aromatic nitrogens is 2. The first kappa shape index (κ1) is 11.7. The molecule has 3 nitrogen and oxygen atoms in total. The van der Waals surface area contributed by atoms with Crippen LogP contribution in [0.3, 0.4) is 0 Å². The summed E-state index contributed by atoms with van der Waals surface area (Å²) in [5.41, 5.74) is 4.25. The maximum Gasteiger partial charge on any atom is 0.158 e. The molecule has 0 atom stereocenters. The van der Waals surface area contributed by atoms with Gasteiger partial charge in [-0.15, -0.1) is 0 Å². The zero-order chi connectivity index (χ0) is 13.2. The summed E-state index contributed by atoms with van der Waals surface area (Å²) in [5.74, 6) is 0. The van der Waals surface area contributed by atoms with E-state index in [1.807, 2.05) is 18.5 Å². The Morgan fingerprint density at radius 2 is 1.74 bits per heavy atom. The second-order valence-corrected chi connectivity index (χ2v) is 4.51. The van der Waals surface area contributed by atoms with Crippen LogP contribution in [0.2, 0.25) is 0 Å². The molecule has 0 spiro atoms. The summed E-state index contributed by atoms with van der Waals surface area (Å²) in [6, 6.07) is 16.6. The highest BCUT2D eigenvalue weighted by Crippen LogP contribution is 2.15. The van der Waals surface area contributed by atoms with Crippen LogP contribution in [0.4, 0.5) is 0 Å². The Labute approximate surface area is 111 Å². The van der Waals surface area contributed by atoms with E-state index in [0.29, 0.717) is 0 Å². The van der Waals surface area contributed by atoms with Crippen molar-refractivity contribution in [1.82, 2.24) is 9.55 Å². The normalized spacial score (nSPS) is 12.0. The van der Waals surface area contributed by atoms with Gasteiger partial charge in [-0.1, -0.05) is 29.8 Å². The molecular weight excluding hydrogens is 234 g/mol. The van der Waals surface area contributed by atoms with Gasteiger partial charge >= 0.3 is 0 Å². The van der Waals surface area contributed by atoms with Crippen molar-refractivity contribution in [2.24, 2.45) is 4.99 Å². The van der Waals surface area contributed by atoms with Gasteiger partial charge in [0.25, 0.3) is 0 Å². The van der Waals surface area contributed by atoms with Crippen LogP contribution < -0.4 is 5.49 Å². The van der Waals surface area contributed by atoms with Crippen molar-refractivity contribution >= 4 is 10.9 Å². The lowest BCUT2D eigenvalue weighted by molar-refractivity contribution is 0.990. The van der Waals surface area contributed by atoms with Gasteiger partial charge in [-0.25, -0.2) is 4.98 Å². The third-order valence-corrected chi connectivity index (χ3v) is 3.22. The van der Waals surface area contributed by atoms with E-state index in [-0.39, 0.29) is 0 Å². The van der Waals surface area contributed by atoms with E-state index in [2.05, 4.69) is 57.9 Å². The van der Waals surface area contributed by atoms with Gasteiger partial charge < -0.3 is 4.57 Å². The van der Waals surface area contributed by atoms with Crippen molar-refractivity contribution in [2.75, 3.05) is 7.05 Å². The lowest BCUT2D eigenvalue weighted by atomic mass is 10.2. The molecule has 0 aliphatic carbocycles. The Kier molecular flexibility index (Phi) is 2.88. The van der Waals surface area contributed by atoms with Crippen LogP contribution in [-0.2, 0) is 0 Å². The van der Waals surface area contributed by atoms with E-state index in [1.165, 1.54) is 5.56 Å². The van der Waals surface area contributed by atoms with E-state index >= 15 is 0 Å². The lowest BCUT2D eigenvalue weighted by Gasteiger charge is -2.10. The molecule has 1 heterocycles. The fraction of sp³-hybridized carbons (Fsp3) is 0.125. The van der Waals surface area contributed by atoms with Crippen molar-refractivity contribution in [1.29, 1.82) is 0 Å². The first-order valence-corrected chi connectivity index (χ1v) is 6.26. The van der Waals surface area contributed by atoms with Crippen LogP contribution >= 0.6 is 0 Å². The van der Waals surface area contributed by atoms with Crippen LogP contribution in [0.5, 0.6) is 0 Å². The van der Waals surface area contributed by atoms with E-state index < -0.39 is 0 Å². The van der Waals surface area contributed by atoms with Crippen molar-refractivity contribution < 1.29 is 0 Å². The van der Waals surface area contributed by atoms with Gasteiger partial charge in [-0.05, 0) is 31.2 Å². The number of hydrogen-bond acceptors (Lipinski definition) is 2. The molecule has 94 valence electrons. The Balaban J connectivity index is 2.34. The van der Waals surface area contributed by atoms with Crippen LogP contribution in [0, 0.1) is 6.92 Å². The third kappa shape index (κ3) is 2.03. The SMILES string of the molecule is CN=c1ncn(-c2ccc(C)cc2)c2ccccc12. The summed E-state index contributed by atoms with van der Waals surface area (Å²) in [6.45, 7) is 2.09. The predicted octanol–water partition coefficient (Wildman–Crippen LogP) is 2.86. The molecule has 0 bridgehead atoms. The lowest BCUT2D eigenvalue weighted by Crippen LogP contribution is -2.13. The van der Waals surface area contributed by atoms with Gasteiger partial charge in [0.05, 0.1) is 5.52 Å². The summed E-state index contributed by atoms with van der Waals surface area (Å²) in [6.07, 6.45) is 1.83. The quantitative estimate of drug-likeness (QED) is 0.652. The molecule has 0 saturated heterocycles. The average Bonchev–Trinajstić information content (AvgIpc) is 2.47. The molecule has 1 aromatic heterocycles. The predicted molar refractivity (Wildman–Crippen MR) is 77.3 cm³/mol. The maximum absolute atomic E-state index is 4.42. The van der Waals surface area contributed by atoms with Gasteiger partial charge in [-0.3, -0.25) is 4.99 Å². The van der Waals surface area contributed by atoms with Crippen molar-refractivity contribution in [3.05, 3.63) is 65.9 Å². The van der Waals surface area contributed by atoms with Crippen molar-refractivity contribution in [3.8, 4) is 5.69 Å². The molecule has 0 unspecified atom stereocenters. The molecule has 19 heavy (non-hydrogen) atoms. The largest absolute Gasteiger partial charge is 0.300 e. The van der Waals surface area contributed by atoms with Crippen LogP contribution in [-0.4, -0.2) is 16.6 Å². The molecule has 3 aromatic rings. The van der Waals surface area contributed by atoms with E-state index in [1.54, 1.807) is 7.05 Å². The van der Waals surface area contributed by atoms with Gasteiger partial charge in [0.2, 0.25) is 0 Å². The number of fused-ring (bicyclic) bond motifs is 1. The Morgan fingerprint density at radius 1 is 1.00 bits per heavy atom. The number of nitrogens with zero attached hydrogens (tertiary/aromatic N) is 3. The second-order valence-electron chi connectivity index (χ2n) is 4.51. The molecule has 3 heteroatoms. The molecule has 0 saturated carbocycles. The average molecular weight is 249 g/mol. The van der Waals surface area contributed by atoms with E-state index in [0.717, 1.165) is 22.1 Å². The van der Waals surface area contributed by atoms with E-state index in [9.17, 15) is 0 Å². The first-order chi connectivity index (χ1) is 9.29. The van der Waals surface area contributed by atoms with Crippen molar-refractivity contribution in [2.45, 2.75) is 6.92 Å². The summed E-state index contributed by atoms with van der Waals surface area (Å²) < 4.78 is 2.09. The smallest absolute Gasteiger partial charge is 0.158 e. The molecule has 0 aliphatic rings. The summed E-state index contributed by atoms with van der Waals surface area (Å²) in [4.78, 5) is 8.64. The Bertz CT molecular complexity index is 783. The summed E-state index contributed by atoms with van der Waals surface area (Å²) in [5, 5.41) is 1.06. The summed E-state index contributed by atoms with van der Waals surface area (Å²) in [7, 11) is 1.77. The highest BCUT2D eigenvalue weighted by atomic mass is 15.0. The topological polar surface area (TPSA) is 30.2 Å². The number of hydrogen-bond donors (Lipinski definition) is 0. The van der Waals surface area contributed by atoms with Gasteiger partial charge in [-0.2, -0.15) is 0 Å². The molecule has 0 radical (unpaired) electrons. The van der Waals surface area contributed by atoms with Gasteiger partial charge in [0, 0.05) is 18.1 Å². The zero-order valence-electron chi connectivity index (χ0n) is 11.0. The molecule has 0 N–H and O–H groups in total. The molecule has 0 fully saturated rings. The van der Waals surface area contributed by atoms with Crippen LogP contribution in [0.15, 0.2) is 59.9 Å². The minimum atomic E-state index is 0.777. The first-order valence-electron chi connectivity index (χ1n) is 6.26. The molecule has 2 aromatic carbocycles. The Morgan fingerprint density at radius 3 is 2.47 bits per heavy atom. The fourth-order valence-corrected chi connectivity index (χ4v) is 2.21. The minimum absolute atomic E-state index is 0.777. The van der Waals surface area contributed by atoms with Crippen molar-refractivity contribution in [3.63, 3.8) is 0 Å². The second kappa shape index (κ2) is 4.69. The van der Waals surface area contributed by atoms with Crippen LogP contribution in [0.1, 0.15) is 5.56 Å². The number of benzene rings is 2. The molecular formula is C16H15N3. The molecule has 0 aliphatic heterocycles. The monoisotopic (exact) mass is 249 g/mol. The van der Waals surface area contributed by atoms with Crippen LogP contribution in [0.25, 0.3) is 16.6 Å². The fourth-order valence-electron chi connectivity index (χ4n) is 2.21. The maximum atomic E-state index is 4.42. The van der Waals surface area contributed by atoms with Gasteiger partial charge in [0.15, 0.2) is 5.49 Å². The highest BCUT2D eigenvalue weighted by molar-refractivity contribution is 5.79. The standard InChI is InChI=1S/C16H15N3/c1-12-7-9-13(10-8-12)19-11-18-16(17-2)14-5-3-4-6-15(14)19/h3-11H,1-2H3. The molecule has 3 rings (SSSR count). The summed E-state index contributed by atoms with van der Waals surface area (Å²) >= 11 is 0. The molecule has 0 amide bonds. The number of rotatable bonds is 1. The number of aryl methyl sites for hydroxylation is 1. The zero-order valence-corrected chi connectivity index (χ0v) is 11.0. The third-order valence-electron chi connectivity index (χ3n) is 3.22. The highest BCUT2D eigenvalue weighted by Gasteiger charge is 2.03. The minimum Gasteiger partial charge on any atom is -0.300 e. The number of para-hydroxylation sites is 1. The Hall–Kier alpha value is -2.42.